The summed E-state index contributed by atoms with van der Waals surface area (Å²) in [6.45, 7) is 0. The van der Waals surface area contributed by atoms with Gasteiger partial charge >= 0.3 is 0 Å². The Balaban J connectivity index is 1.66. The van der Waals surface area contributed by atoms with Crippen LogP contribution >= 0.6 is 0 Å². The number of aryl methyl sites for hydroxylation is 1. The number of hydrogen-bond donors (Lipinski definition) is 1. The summed E-state index contributed by atoms with van der Waals surface area (Å²) in [7, 11) is 1.95. The average Bonchev–Trinajstić information content (AvgIpc) is 3.25. The molecule has 118 valence electrons. The first-order chi connectivity index (χ1) is 11.3. The number of nitrogens with zero attached hydrogens (tertiary/aromatic N) is 3. The molecular weight excluding hydrogens is 284 g/mol. The van der Waals surface area contributed by atoms with Crippen molar-refractivity contribution in [2.24, 2.45) is 7.05 Å². The lowest BCUT2D eigenvalue weighted by molar-refractivity contribution is 0.443. The van der Waals surface area contributed by atoms with Crippen molar-refractivity contribution >= 4 is 0 Å². The van der Waals surface area contributed by atoms with Gasteiger partial charge in [0.25, 0.3) is 0 Å². The molecule has 1 aliphatic rings. The Kier molecular flexibility index (Phi) is 3.74. The second kappa shape index (κ2) is 6.03. The van der Waals surface area contributed by atoms with Gasteiger partial charge in [-0.2, -0.15) is 5.10 Å². The average molecular weight is 306 g/mol. The van der Waals surface area contributed by atoms with Gasteiger partial charge in [-0.15, -0.1) is 0 Å². The number of nitrogens with one attached hydrogen (secondary N) is 1. The molecule has 1 N–H and O–H groups in total. The molecule has 0 saturated heterocycles. The van der Waals surface area contributed by atoms with E-state index in [-0.39, 0.29) is 0 Å². The van der Waals surface area contributed by atoms with E-state index in [0.717, 1.165) is 28.6 Å². The quantitative estimate of drug-likeness (QED) is 0.773. The van der Waals surface area contributed by atoms with E-state index < -0.39 is 0 Å². The fraction of sp³-hybridized carbons (Fsp3) is 0.368. The lowest BCUT2D eigenvalue weighted by atomic mass is 9.84. The maximum absolute atomic E-state index is 4.64. The van der Waals surface area contributed by atoms with E-state index in [1.807, 2.05) is 24.1 Å². The molecule has 0 radical (unpaired) electrons. The highest BCUT2D eigenvalue weighted by Crippen LogP contribution is 2.34. The first-order valence-electron chi connectivity index (χ1n) is 8.45. The van der Waals surface area contributed by atoms with E-state index in [1.165, 1.54) is 37.7 Å². The number of imidazole rings is 1. The minimum Gasteiger partial charge on any atom is -0.345 e. The molecule has 0 bridgehead atoms. The zero-order valence-electron chi connectivity index (χ0n) is 13.5. The fourth-order valence-corrected chi connectivity index (χ4v) is 3.64. The first-order valence-corrected chi connectivity index (χ1v) is 8.45. The van der Waals surface area contributed by atoms with Gasteiger partial charge in [-0.05, 0) is 24.3 Å². The van der Waals surface area contributed by atoms with Crippen LogP contribution < -0.4 is 0 Å². The Morgan fingerprint density at radius 1 is 1.09 bits per heavy atom. The Bertz CT molecular complexity index is 762. The summed E-state index contributed by atoms with van der Waals surface area (Å²) in [5.74, 6) is 1.61. The third-order valence-corrected chi connectivity index (χ3v) is 4.84. The molecule has 4 nitrogen and oxygen atoms in total. The van der Waals surface area contributed by atoms with Gasteiger partial charge in [-0.1, -0.05) is 43.5 Å². The molecule has 23 heavy (non-hydrogen) atoms. The van der Waals surface area contributed by atoms with E-state index in [0.29, 0.717) is 0 Å². The molecular formula is C19H22N4. The Hall–Kier alpha value is -2.36. The van der Waals surface area contributed by atoms with Gasteiger partial charge in [-0.3, -0.25) is 4.68 Å². The summed E-state index contributed by atoms with van der Waals surface area (Å²) < 4.78 is 1.85. The molecule has 0 aliphatic heterocycles. The van der Waals surface area contributed by atoms with E-state index in [9.17, 15) is 0 Å². The molecule has 2 heterocycles. The zero-order chi connectivity index (χ0) is 15.6. The monoisotopic (exact) mass is 306 g/mol. The van der Waals surface area contributed by atoms with Crippen molar-refractivity contribution < 1.29 is 0 Å². The smallest absolute Gasteiger partial charge is 0.141 e. The molecule has 2 aromatic heterocycles. The minimum absolute atomic E-state index is 0.742. The SMILES string of the molecule is Cn1cc(-c2ncc[nH]2)c(-c2ccc(C3CCCCC3)cc2)n1. The van der Waals surface area contributed by atoms with Crippen LogP contribution in [0.15, 0.2) is 42.9 Å². The van der Waals surface area contributed by atoms with Crippen LogP contribution in [0, 0.1) is 0 Å². The number of aromatic nitrogens is 4. The van der Waals surface area contributed by atoms with Gasteiger partial charge < -0.3 is 4.98 Å². The van der Waals surface area contributed by atoms with Crippen molar-refractivity contribution in [2.45, 2.75) is 38.0 Å². The van der Waals surface area contributed by atoms with Crippen LogP contribution in [-0.4, -0.2) is 19.7 Å². The van der Waals surface area contributed by atoms with Crippen LogP contribution in [0.1, 0.15) is 43.6 Å². The van der Waals surface area contributed by atoms with Crippen molar-refractivity contribution in [3.63, 3.8) is 0 Å². The van der Waals surface area contributed by atoms with Crippen molar-refractivity contribution in [1.29, 1.82) is 0 Å². The van der Waals surface area contributed by atoms with Gasteiger partial charge in [0, 0.05) is 31.2 Å². The van der Waals surface area contributed by atoms with Crippen LogP contribution in [0.2, 0.25) is 0 Å². The predicted octanol–water partition coefficient (Wildman–Crippen LogP) is 4.52. The molecule has 3 aromatic rings. The largest absolute Gasteiger partial charge is 0.345 e. The maximum Gasteiger partial charge on any atom is 0.141 e. The third-order valence-electron chi connectivity index (χ3n) is 4.84. The molecule has 0 atom stereocenters. The molecule has 1 saturated carbocycles. The normalized spacial score (nSPS) is 15.9. The Morgan fingerprint density at radius 3 is 2.57 bits per heavy atom. The van der Waals surface area contributed by atoms with E-state index in [2.05, 4.69) is 39.3 Å². The summed E-state index contributed by atoms with van der Waals surface area (Å²) >= 11 is 0. The summed E-state index contributed by atoms with van der Waals surface area (Å²) in [5.41, 5.74) is 4.65. The standard InChI is InChI=1S/C19H22N4/c1-23-13-17(19-20-11-12-21-19)18(22-23)16-9-7-15(8-10-16)14-5-3-2-4-6-14/h7-14H,2-6H2,1H3,(H,20,21). The predicted molar refractivity (Wildman–Crippen MR) is 92.1 cm³/mol. The molecule has 4 heteroatoms. The molecule has 4 rings (SSSR count). The second-order valence-electron chi connectivity index (χ2n) is 6.46. The number of hydrogen-bond acceptors (Lipinski definition) is 2. The second-order valence-corrected chi connectivity index (χ2v) is 6.46. The van der Waals surface area contributed by atoms with Gasteiger partial charge in [0.2, 0.25) is 0 Å². The maximum atomic E-state index is 4.64. The van der Waals surface area contributed by atoms with Crippen molar-refractivity contribution in [1.82, 2.24) is 19.7 Å². The number of benzene rings is 1. The number of aromatic amines is 1. The lowest BCUT2D eigenvalue weighted by Gasteiger charge is -2.22. The molecule has 0 unspecified atom stereocenters. The highest BCUT2D eigenvalue weighted by atomic mass is 15.3. The highest BCUT2D eigenvalue weighted by molar-refractivity contribution is 5.77. The van der Waals surface area contributed by atoms with E-state index in [1.54, 1.807) is 6.20 Å². The summed E-state index contributed by atoms with van der Waals surface area (Å²) in [6, 6.07) is 8.98. The van der Waals surface area contributed by atoms with Crippen LogP contribution in [0.4, 0.5) is 0 Å². The summed E-state index contributed by atoms with van der Waals surface area (Å²) in [5, 5.41) is 4.64. The van der Waals surface area contributed by atoms with E-state index in [4.69, 9.17) is 0 Å². The Labute approximate surface area is 136 Å². The van der Waals surface area contributed by atoms with Crippen LogP contribution in [0.5, 0.6) is 0 Å². The van der Waals surface area contributed by atoms with Crippen molar-refractivity contribution in [3.05, 3.63) is 48.4 Å². The summed E-state index contributed by atoms with van der Waals surface area (Å²) in [6.07, 6.45) is 12.4. The zero-order valence-corrected chi connectivity index (χ0v) is 13.5. The third kappa shape index (κ3) is 2.81. The van der Waals surface area contributed by atoms with Crippen molar-refractivity contribution in [2.75, 3.05) is 0 Å². The van der Waals surface area contributed by atoms with Crippen molar-refractivity contribution in [3.8, 4) is 22.6 Å². The number of rotatable bonds is 3. The Morgan fingerprint density at radius 2 is 1.87 bits per heavy atom. The minimum atomic E-state index is 0.742. The molecule has 0 amide bonds. The summed E-state index contributed by atoms with van der Waals surface area (Å²) in [4.78, 5) is 7.54. The molecule has 0 spiro atoms. The van der Waals surface area contributed by atoms with Crippen LogP contribution in [-0.2, 0) is 7.05 Å². The van der Waals surface area contributed by atoms with Gasteiger partial charge in [0.05, 0.1) is 5.56 Å². The van der Waals surface area contributed by atoms with E-state index >= 15 is 0 Å². The fourth-order valence-electron chi connectivity index (χ4n) is 3.64. The van der Waals surface area contributed by atoms with Crippen LogP contribution in [0.25, 0.3) is 22.6 Å². The van der Waals surface area contributed by atoms with Gasteiger partial charge in [0.15, 0.2) is 0 Å². The highest BCUT2D eigenvalue weighted by Gasteiger charge is 2.17. The first kappa shape index (κ1) is 14.2. The molecule has 1 aromatic carbocycles. The molecule has 1 fully saturated rings. The molecule has 1 aliphatic carbocycles. The van der Waals surface area contributed by atoms with Crippen LogP contribution in [0.3, 0.4) is 0 Å². The van der Waals surface area contributed by atoms with Gasteiger partial charge in [0.1, 0.15) is 11.5 Å². The number of H-pyrrole nitrogens is 1. The lowest BCUT2D eigenvalue weighted by Crippen LogP contribution is -2.04. The van der Waals surface area contributed by atoms with Gasteiger partial charge in [-0.25, -0.2) is 4.98 Å². The topological polar surface area (TPSA) is 46.5 Å².